The minimum atomic E-state index is -0.240. The number of halogens is 3. The van der Waals surface area contributed by atoms with Gasteiger partial charge in [-0.1, -0.05) is 41.4 Å². The van der Waals surface area contributed by atoms with Gasteiger partial charge in [-0.2, -0.15) is 0 Å². The van der Waals surface area contributed by atoms with E-state index in [0.29, 0.717) is 40.2 Å². The number of carbonyl (C=O) groups is 1. The van der Waals surface area contributed by atoms with Gasteiger partial charge in [0.1, 0.15) is 24.0 Å². The molecule has 2 heterocycles. The number of allylic oxidation sites excluding steroid dienone is 1. The fraction of sp³-hybridized carbons (Fsp3) is 0.192. The van der Waals surface area contributed by atoms with E-state index in [4.69, 9.17) is 32.7 Å². The van der Waals surface area contributed by atoms with Crippen LogP contribution in [-0.4, -0.2) is 24.0 Å². The minimum Gasteiger partial charge on any atom is -0.477 e. The molecule has 0 saturated carbocycles. The lowest BCUT2D eigenvalue weighted by Crippen LogP contribution is -2.34. The Labute approximate surface area is 201 Å². The maximum Gasteiger partial charge on any atom is 0.231 e. The number of fused-ring (bicyclic) bond motifs is 2. The van der Waals surface area contributed by atoms with Crippen LogP contribution >= 0.6 is 23.2 Å². The molecule has 3 aromatic carbocycles. The fourth-order valence-electron chi connectivity index (χ4n) is 4.16. The van der Waals surface area contributed by atoms with Crippen LogP contribution in [0.1, 0.15) is 32.6 Å². The van der Waals surface area contributed by atoms with Crippen molar-refractivity contribution in [3.63, 3.8) is 0 Å². The second kappa shape index (κ2) is 8.82. The Morgan fingerprint density at radius 2 is 1.82 bits per heavy atom. The number of benzene rings is 3. The average Bonchev–Trinajstić information content (AvgIpc) is 3.11. The Hall–Kier alpha value is -2.86. The molecule has 33 heavy (non-hydrogen) atoms. The van der Waals surface area contributed by atoms with Gasteiger partial charge in [0.05, 0.1) is 5.56 Å². The molecule has 0 unspecified atom stereocenters. The molecule has 0 bridgehead atoms. The maximum atomic E-state index is 13.1. The van der Waals surface area contributed by atoms with Gasteiger partial charge >= 0.3 is 0 Å². The molecule has 0 aliphatic carbocycles. The van der Waals surface area contributed by atoms with Gasteiger partial charge in [0.15, 0.2) is 5.76 Å². The second-order valence-electron chi connectivity index (χ2n) is 8.14. The molecule has 5 rings (SSSR count). The van der Waals surface area contributed by atoms with Crippen molar-refractivity contribution in [3.05, 3.63) is 98.0 Å². The van der Waals surface area contributed by atoms with Crippen molar-refractivity contribution in [2.45, 2.75) is 19.9 Å². The van der Waals surface area contributed by atoms with E-state index in [0.717, 1.165) is 35.4 Å². The predicted molar refractivity (Wildman–Crippen MR) is 127 cm³/mol. The fourth-order valence-corrected chi connectivity index (χ4v) is 4.66. The van der Waals surface area contributed by atoms with Crippen molar-refractivity contribution in [2.75, 3.05) is 13.3 Å². The molecule has 0 amide bonds. The summed E-state index contributed by atoms with van der Waals surface area (Å²) >= 11 is 12.5. The van der Waals surface area contributed by atoms with Gasteiger partial charge in [0.25, 0.3) is 0 Å². The zero-order valence-electron chi connectivity index (χ0n) is 17.8. The number of carbonyl (C=O) groups excluding carboxylic acids is 1. The van der Waals surface area contributed by atoms with Gasteiger partial charge in [-0.25, -0.2) is 4.39 Å². The topological polar surface area (TPSA) is 38.8 Å². The van der Waals surface area contributed by atoms with Gasteiger partial charge in [0, 0.05) is 39.8 Å². The molecule has 0 fully saturated rings. The zero-order valence-corrected chi connectivity index (χ0v) is 19.3. The van der Waals surface area contributed by atoms with E-state index in [1.807, 2.05) is 13.0 Å². The molecule has 2 aliphatic heterocycles. The normalized spacial score (nSPS) is 16.4. The standard InChI is InChI=1S/C26H20Cl2FNO3/c1-15-25-17(13-30(14-32-25)10-9-16-5-7-18(29)8-6-16)11-20-24(31)23(33-26(15)20)12-19-21(27)3-2-4-22(19)28/h2-8,11-12H,9-10,13-14H2,1H3/b23-12-. The first-order valence-corrected chi connectivity index (χ1v) is 11.3. The van der Waals surface area contributed by atoms with E-state index >= 15 is 0 Å². The zero-order chi connectivity index (χ0) is 23.1. The summed E-state index contributed by atoms with van der Waals surface area (Å²) in [5, 5.41) is 0.886. The van der Waals surface area contributed by atoms with Crippen molar-refractivity contribution in [2.24, 2.45) is 0 Å². The third-order valence-electron chi connectivity index (χ3n) is 5.91. The molecule has 0 saturated heterocycles. The average molecular weight is 484 g/mol. The SMILES string of the molecule is Cc1c2c(cc3c1O/C(=C\c1c(Cl)cccc1Cl)C3=O)CN(CCc1ccc(F)cc1)CO2. The summed E-state index contributed by atoms with van der Waals surface area (Å²) in [5.74, 6) is 0.980. The summed E-state index contributed by atoms with van der Waals surface area (Å²) in [6, 6.07) is 13.5. The van der Waals surface area contributed by atoms with E-state index in [-0.39, 0.29) is 17.4 Å². The first-order valence-electron chi connectivity index (χ1n) is 10.5. The molecule has 0 aromatic heterocycles. The van der Waals surface area contributed by atoms with E-state index < -0.39 is 0 Å². The molecule has 4 nitrogen and oxygen atoms in total. The van der Waals surface area contributed by atoms with Gasteiger partial charge in [-0.15, -0.1) is 0 Å². The molecule has 0 N–H and O–H groups in total. The Balaban J connectivity index is 1.38. The number of ether oxygens (including phenoxy) is 2. The quantitative estimate of drug-likeness (QED) is 0.399. The molecule has 0 radical (unpaired) electrons. The van der Waals surface area contributed by atoms with E-state index in [9.17, 15) is 9.18 Å². The number of ketones is 1. The molecule has 168 valence electrons. The highest BCUT2D eigenvalue weighted by atomic mass is 35.5. The second-order valence-corrected chi connectivity index (χ2v) is 8.96. The highest BCUT2D eigenvalue weighted by molar-refractivity contribution is 6.37. The van der Waals surface area contributed by atoms with Crippen LogP contribution in [-0.2, 0) is 13.0 Å². The molecule has 0 atom stereocenters. The molecular weight excluding hydrogens is 464 g/mol. The van der Waals surface area contributed by atoms with Gasteiger partial charge in [0.2, 0.25) is 5.78 Å². The molecular formula is C26H20Cl2FNO3. The summed E-state index contributed by atoms with van der Waals surface area (Å²) in [7, 11) is 0. The first-order chi connectivity index (χ1) is 15.9. The third kappa shape index (κ3) is 4.24. The van der Waals surface area contributed by atoms with Crippen molar-refractivity contribution < 1.29 is 18.7 Å². The van der Waals surface area contributed by atoms with Crippen LogP contribution in [0, 0.1) is 12.7 Å². The summed E-state index contributed by atoms with van der Waals surface area (Å²) in [6.45, 7) is 3.72. The number of nitrogens with zero attached hydrogens (tertiary/aromatic N) is 1. The Morgan fingerprint density at radius 1 is 1.09 bits per heavy atom. The van der Waals surface area contributed by atoms with Crippen LogP contribution in [0.3, 0.4) is 0 Å². The molecule has 3 aromatic rings. The van der Waals surface area contributed by atoms with Crippen LogP contribution < -0.4 is 9.47 Å². The Bertz CT molecular complexity index is 1270. The number of hydrogen-bond donors (Lipinski definition) is 0. The summed E-state index contributed by atoms with van der Waals surface area (Å²) in [6.07, 6.45) is 2.36. The van der Waals surface area contributed by atoms with E-state index in [1.165, 1.54) is 12.1 Å². The van der Waals surface area contributed by atoms with Crippen molar-refractivity contribution in [3.8, 4) is 11.5 Å². The molecule has 2 aliphatic rings. The Kier molecular flexibility index (Phi) is 5.87. The van der Waals surface area contributed by atoms with Crippen LogP contribution in [0.15, 0.2) is 54.3 Å². The molecule has 0 spiro atoms. The van der Waals surface area contributed by atoms with Crippen LogP contribution in [0.2, 0.25) is 10.0 Å². The van der Waals surface area contributed by atoms with Gasteiger partial charge in [-0.05, 0) is 55.3 Å². The van der Waals surface area contributed by atoms with Gasteiger partial charge < -0.3 is 9.47 Å². The minimum absolute atomic E-state index is 0.179. The number of rotatable bonds is 4. The monoisotopic (exact) mass is 483 g/mol. The third-order valence-corrected chi connectivity index (χ3v) is 6.57. The summed E-state index contributed by atoms with van der Waals surface area (Å²) in [4.78, 5) is 15.3. The van der Waals surface area contributed by atoms with E-state index in [1.54, 1.807) is 36.4 Å². The van der Waals surface area contributed by atoms with Gasteiger partial charge in [-0.3, -0.25) is 9.69 Å². The van der Waals surface area contributed by atoms with Crippen LogP contribution in [0.25, 0.3) is 6.08 Å². The first kappa shape index (κ1) is 22.0. The lowest BCUT2D eigenvalue weighted by atomic mass is 10.00. The largest absolute Gasteiger partial charge is 0.477 e. The maximum absolute atomic E-state index is 13.1. The predicted octanol–water partition coefficient (Wildman–Crippen LogP) is 6.45. The molecule has 7 heteroatoms. The Morgan fingerprint density at radius 3 is 2.55 bits per heavy atom. The summed E-state index contributed by atoms with van der Waals surface area (Å²) < 4.78 is 25.1. The highest BCUT2D eigenvalue weighted by Crippen LogP contribution is 2.43. The lowest BCUT2D eigenvalue weighted by Gasteiger charge is -2.30. The number of hydrogen-bond acceptors (Lipinski definition) is 4. The van der Waals surface area contributed by atoms with Crippen molar-refractivity contribution in [1.82, 2.24) is 4.90 Å². The lowest BCUT2D eigenvalue weighted by molar-refractivity contribution is 0.0954. The van der Waals surface area contributed by atoms with Crippen molar-refractivity contribution in [1.29, 1.82) is 0 Å². The van der Waals surface area contributed by atoms with E-state index in [2.05, 4.69) is 4.90 Å². The van der Waals surface area contributed by atoms with Crippen LogP contribution in [0.4, 0.5) is 4.39 Å². The van der Waals surface area contributed by atoms with Crippen LogP contribution in [0.5, 0.6) is 11.5 Å². The summed E-state index contributed by atoms with van der Waals surface area (Å²) in [5.41, 5.74) is 3.84. The number of Topliss-reactive ketones (excluding diaryl/α,β-unsaturated/α-hetero) is 1. The van der Waals surface area contributed by atoms with Crippen molar-refractivity contribution >= 4 is 35.1 Å². The highest BCUT2D eigenvalue weighted by Gasteiger charge is 2.33. The smallest absolute Gasteiger partial charge is 0.231 e.